The molecule has 1 N–H and O–H groups in total. The van der Waals surface area contributed by atoms with Crippen LogP contribution in [-0.4, -0.2) is 56.0 Å². The van der Waals surface area contributed by atoms with E-state index in [-0.39, 0.29) is 18.7 Å². The van der Waals surface area contributed by atoms with Crippen LogP contribution in [-0.2, 0) is 9.84 Å². The Bertz CT molecular complexity index is 1160. The van der Waals surface area contributed by atoms with Gasteiger partial charge in [-0.2, -0.15) is 13.2 Å². The van der Waals surface area contributed by atoms with Gasteiger partial charge >= 0.3 is 6.18 Å². The Morgan fingerprint density at radius 2 is 1.81 bits per heavy atom. The van der Waals surface area contributed by atoms with Gasteiger partial charge in [0.2, 0.25) is 0 Å². The van der Waals surface area contributed by atoms with E-state index in [0.717, 1.165) is 29.4 Å². The van der Waals surface area contributed by atoms with E-state index in [1.807, 2.05) is 0 Å². The van der Waals surface area contributed by atoms with E-state index in [0.29, 0.717) is 6.92 Å². The third kappa shape index (κ3) is 4.50. The highest BCUT2D eigenvalue weighted by Gasteiger charge is 2.41. The van der Waals surface area contributed by atoms with Crippen molar-refractivity contribution in [2.45, 2.75) is 30.0 Å². The summed E-state index contributed by atoms with van der Waals surface area (Å²) in [7, 11) is -4.03. The van der Waals surface area contributed by atoms with Gasteiger partial charge in [0.05, 0.1) is 0 Å². The molecule has 3 rings (SSSR count). The molecule has 0 spiro atoms. The van der Waals surface area contributed by atoms with Crippen LogP contribution in [0, 0.1) is 11.6 Å². The van der Waals surface area contributed by atoms with Gasteiger partial charge in [-0.3, -0.25) is 4.79 Å². The molecule has 12 heteroatoms. The molecule has 1 amide bonds. The number of nitrogens with zero attached hydrogens (tertiary/aromatic N) is 1. The number of hydrogen-bond donors (Lipinski definition) is 1. The highest BCUT2D eigenvalue weighted by molar-refractivity contribution is 7.90. The minimum absolute atomic E-state index is 0.0188. The van der Waals surface area contributed by atoms with E-state index in [4.69, 9.17) is 4.74 Å². The number of carbonyl (C=O) groups is 1. The molecule has 6 nitrogen and oxygen atoms in total. The summed E-state index contributed by atoms with van der Waals surface area (Å²) >= 11 is 0. The van der Waals surface area contributed by atoms with Crippen molar-refractivity contribution in [2.24, 2.45) is 0 Å². The molecule has 1 aliphatic heterocycles. The summed E-state index contributed by atoms with van der Waals surface area (Å²) in [6.07, 6.45) is -6.40. The van der Waals surface area contributed by atoms with Gasteiger partial charge in [0.25, 0.3) is 5.91 Å². The molecule has 0 unspecified atom stereocenters. The zero-order valence-electron chi connectivity index (χ0n) is 16.8. The Balaban J connectivity index is 1.94. The Kier molecular flexibility index (Phi) is 6.11. The number of hydrogen-bond acceptors (Lipinski definition) is 5. The number of benzene rings is 2. The van der Waals surface area contributed by atoms with Crippen molar-refractivity contribution in [3.8, 4) is 11.5 Å². The molecule has 1 aliphatic rings. The lowest BCUT2D eigenvalue weighted by atomic mass is 9.90. The molecule has 0 aliphatic carbocycles. The maximum atomic E-state index is 14.0. The first-order valence-electron chi connectivity index (χ1n) is 9.24. The lowest BCUT2D eigenvalue weighted by Crippen LogP contribution is -2.49. The SMILES string of the molecule is C[C@H](Oc1ccc(S(C)(=O)=O)c(O)c1C(=O)N1CC(c2cccc(F)c2F)C1)C(F)(F)F. The molecule has 0 saturated carbocycles. The number of phenolic OH excluding ortho intramolecular Hbond substituents is 1. The van der Waals surface area contributed by atoms with Gasteiger partial charge in [0, 0.05) is 25.3 Å². The molecular weight excluding hydrogens is 461 g/mol. The van der Waals surface area contributed by atoms with E-state index < -0.39 is 67.5 Å². The number of rotatable bonds is 5. The smallest absolute Gasteiger partial charge is 0.425 e. The third-order valence-electron chi connectivity index (χ3n) is 5.07. The molecule has 0 radical (unpaired) electrons. The van der Waals surface area contributed by atoms with Crippen LogP contribution >= 0.6 is 0 Å². The zero-order chi connectivity index (χ0) is 24.0. The normalized spacial score (nSPS) is 15.9. The van der Waals surface area contributed by atoms with Crippen molar-refractivity contribution < 1.29 is 45.0 Å². The number of carbonyl (C=O) groups excluding carboxylic acids is 1. The van der Waals surface area contributed by atoms with Crippen LogP contribution in [0.15, 0.2) is 35.2 Å². The third-order valence-corrected chi connectivity index (χ3v) is 6.20. The maximum Gasteiger partial charge on any atom is 0.425 e. The van der Waals surface area contributed by atoms with E-state index in [2.05, 4.69) is 0 Å². The maximum absolute atomic E-state index is 14.0. The molecule has 2 aromatic rings. The summed E-state index contributed by atoms with van der Waals surface area (Å²) in [5, 5.41) is 10.4. The van der Waals surface area contributed by atoms with Crippen LogP contribution in [0.5, 0.6) is 11.5 Å². The number of likely N-dealkylation sites (tertiary alicyclic amines) is 1. The number of phenols is 1. The number of halogens is 5. The number of aromatic hydroxyl groups is 1. The molecule has 0 bridgehead atoms. The average molecular weight is 479 g/mol. The lowest BCUT2D eigenvalue weighted by molar-refractivity contribution is -0.189. The fraction of sp³-hybridized carbons (Fsp3) is 0.350. The standard InChI is InChI=1S/C20H18F5NO5S/c1-10(20(23,24)25)31-14-6-7-15(32(2,29)30)18(27)16(14)19(28)26-8-11(9-26)12-4-3-5-13(21)17(12)22/h3-7,10-11,27H,8-9H2,1-2H3/t10-/m0/s1. The Morgan fingerprint density at radius 3 is 2.38 bits per heavy atom. The monoisotopic (exact) mass is 479 g/mol. The second-order valence-electron chi connectivity index (χ2n) is 7.41. The lowest BCUT2D eigenvalue weighted by Gasteiger charge is -2.40. The second kappa shape index (κ2) is 8.23. The van der Waals surface area contributed by atoms with Gasteiger partial charge in [-0.05, 0) is 30.7 Å². The summed E-state index contributed by atoms with van der Waals surface area (Å²) in [6, 6.07) is 5.26. The molecule has 32 heavy (non-hydrogen) atoms. The Hall–Kier alpha value is -2.89. The Morgan fingerprint density at radius 1 is 1.19 bits per heavy atom. The van der Waals surface area contributed by atoms with Crippen molar-refractivity contribution in [1.82, 2.24) is 4.90 Å². The fourth-order valence-electron chi connectivity index (χ4n) is 3.25. The van der Waals surface area contributed by atoms with Crippen molar-refractivity contribution in [3.05, 3.63) is 53.1 Å². The molecule has 2 aromatic carbocycles. The minimum Gasteiger partial charge on any atom is -0.506 e. The van der Waals surface area contributed by atoms with Crippen LogP contribution in [0.3, 0.4) is 0 Å². The summed E-state index contributed by atoms with van der Waals surface area (Å²) in [4.78, 5) is 13.3. The highest BCUT2D eigenvalue weighted by atomic mass is 32.2. The van der Waals surface area contributed by atoms with Crippen LogP contribution < -0.4 is 4.74 Å². The first-order chi connectivity index (χ1) is 14.7. The van der Waals surface area contributed by atoms with E-state index in [9.17, 15) is 40.3 Å². The van der Waals surface area contributed by atoms with Crippen LogP contribution in [0.2, 0.25) is 0 Å². The topological polar surface area (TPSA) is 83.9 Å². The molecule has 1 heterocycles. The molecule has 0 aromatic heterocycles. The number of alkyl halides is 3. The summed E-state index contributed by atoms with van der Waals surface area (Å²) in [5.74, 6) is -5.45. The highest BCUT2D eigenvalue weighted by Crippen LogP contribution is 2.39. The number of ether oxygens (including phenoxy) is 1. The molecular formula is C20H18F5NO5S. The number of sulfone groups is 1. The van der Waals surface area contributed by atoms with Crippen LogP contribution in [0.1, 0.15) is 28.8 Å². The van der Waals surface area contributed by atoms with Gasteiger partial charge in [-0.15, -0.1) is 0 Å². The largest absolute Gasteiger partial charge is 0.506 e. The molecule has 1 fully saturated rings. The van der Waals surface area contributed by atoms with E-state index >= 15 is 0 Å². The van der Waals surface area contributed by atoms with Crippen molar-refractivity contribution in [3.63, 3.8) is 0 Å². The zero-order valence-corrected chi connectivity index (χ0v) is 17.6. The van der Waals surface area contributed by atoms with E-state index in [1.54, 1.807) is 0 Å². The second-order valence-corrected chi connectivity index (χ2v) is 9.39. The van der Waals surface area contributed by atoms with Crippen molar-refractivity contribution in [1.29, 1.82) is 0 Å². The van der Waals surface area contributed by atoms with Gasteiger partial charge in [0.1, 0.15) is 16.2 Å². The molecule has 1 saturated heterocycles. The van der Waals surface area contributed by atoms with Crippen molar-refractivity contribution >= 4 is 15.7 Å². The average Bonchev–Trinajstić information content (AvgIpc) is 2.62. The number of amides is 1. The molecule has 1 atom stereocenters. The van der Waals surface area contributed by atoms with Crippen LogP contribution in [0.4, 0.5) is 22.0 Å². The minimum atomic E-state index is -4.79. The summed E-state index contributed by atoms with van der Waals surface area (Å²) in [5.41, 5.74) is -0.743. The fourth-order valence-corrected chi connectivity index (χ4v) is 4.02. The Labute approximate surface area is 180 Å². The predicted molar refractivity (Wildman–Crippen MR) is 102 cm³/mol. The van der Waals surface area contributed by atoms with Crippen LogP contribution in [0.25, 0.3) is 0 Å². The predicted octanol–water partition coefficient (Wildman–Crippen LogP) is 3.64. The van der Waals surface area contributed by atoms with Gasteiger partial charge in [-0.1, -0.05) is 12.1 Å². The van der Waals surface area contributed by atoms with Gasteiger partial charge < -0.3 is 14.7 Å². The van der Waals surface area contributed by atoms with E-state index in [1.165, 1.54) is 12.1 Å². The quantitative estimate of drug-likeness (QED) is 0.662. The first kappa shape index (κ1) is 23.8. The summed E-state index contributed by atoms with van der Waals surface area (Å²) < 4.78 is 94.8. The van der Waals surface area contributed by atoms with Crippen molar-refractivity contribution in [2.75, 3.05) is 19.3 Å². The first-order valence-corrected chi connectivity index (χ1v) is 11.1. The summed E-state index contributed by atoms with van der Waals surface area (Å²) in [6.45, 7) is 0.425. The molecule has 174 valence electrons. The van der Waals surface area contributed by atoms with Gasteiger partial charge in [-0.25, -0.2) is 17.2 Å². The van der Waals surface area contributed by atoms with Gasteiger partial charge in [0.15, 0.2) is 33.3 Å².